The zero-order chi connectivity index (χ0) is 18.1. The molecule has 2 aromatic rings. The molecule has 0 bridgehead atoms. The highest BCUT2D eigenvalue weighted by Gasteiger charge is 2.20. The van der Waals surface area contributed by atoms with Gasteiger partial charge in [0.15, 0.2) is 0 Å². The highest BCUT2D eigenvalue weighted by Crippen LogP contribution is 2.26. The second kappa shape index (κ2) is 6.75. The SMILES string of the molecule is Cc1ccccc1C(=O)Nc1cc(S(=O)(=O)N(C)C)cc(C)c1C. The van der Waals surface area contributed by atoms with Gasteiger partial charge in [-0.2, -0.15) is 0 Å². The summed E-state index contributed by atoms with van der Waals surface area (Å²) in [5, 5.41) is 2.84. The number of carbonyl (C=O) groups is 1. The van der Waals surface area contributed by atoms with Crippen molar-refractivity contribution in [3.05, 3.63) is 58.7 Å². The Morgan fingerprint density at radius 3 is 2.21 bits per heavy atom. The smallest absolute Gasteiger partial charge is 0.255 e. The Hall–Kier alpha value is -2.18. The first kappa shape index (κ1) is 18.2. The van der Waals surface area contributed by atoms with Crippen molar-refractivity contribution in [2.45, 2.75) is 25.7 Å². The summed E-state index contributed by atoms with van der Waals surface area (Å²) >= 11 is 0. The molecule has 2 aromatic carbocycles. The fraction of sp³-hybridized carbons (Fsp3) is 0.278. The van der Waals surface area contributed by atoms with E-state index in [-0.39, 0.29) is 10.8 Å². The first-order valence-corrected chi connectivity index (χ1v) is 8.99. The average Bonchev–Trinajstić information content (AvgIpc) is 2.51. The zero-order valence-electron chi connectivity index (χ0n) is 14.5. The molecule has 0 heterocycles. The van der Waals surface area contributed by atoms with Crippen molar-refractivity contribution in [1.29, 1.82) is 0 Å². The minimum atomic E-state index is -3.57. The molecule has 6 heteroatoms. The summed E-state index contributed by atoms with van der Waals surface area (Å²) in [7, 11) is -0.601. The van der Waals surface area contributed by atoms with Gasteiger partial charge in [-0.25, -0.2) is 12.7 Å². The molecular formula is C18H22N2O3S. The first-order chi connectivity index (χ1) is 11.1. The van der Waals surface area contributed by atoms with Gasteiger partial charge in [0.25, 0.3) is 5.91 Å². The molecule has 0 aliphatic rings. The Morgan fingerprint density at radius 1 is 1.00 bits per heavy atom. The summed E-state index contributed by atoms with van der Waals surface area (Å²) in [5.41, 5.74) is 3.58. The van der Waals surface area contributed by atoms with Gasteiger partial charge < -0.3 is 5.32 Å². The van der Waals surface area contributed by atoms with Crippen LogP contribution in [0.3, 0.4) is 0 Å². The molecule has 2 rings (SSSR count). The van der Waals surface area contributed by atoms with E-state index in [9.17, 15) is 13.2 Å². The second-order valence-electron chi connectivity index (χ2n) is 5.97. The van der Waals surface area contributed by atoms with Crippen molar-refractivity contribution in [3.8, 4) is 0 Å². The normalized spacial score (nSPS) is 11.6. The summed E-state index contributed by atoms with van der Waals surface area (Å²) in [4.78, 5) is 12.7. The van der Waals surface area contributed by atoms with Gasteiger partial charge >= 0.3 is 0 Å². The van der Waals surface area contributed by atoms with Crippen LogP contribution in [0.25, 0.3) is 0 Å². The summed E-state index contributed by atoms with van der Waals surface area (Å²) in [6.07, 6.45) is 0. The first-order valence-electron chi connectivity index (χ1n) is 7.55. The number of hydrogen-bond donors (Lipinski definition) is 1. The maximum absolute atomic E-state index is 12.5. The lowest BCUT2D eigenvalue weighted by Gasteiger charge is -2.16. The van der Waals surface area contributed by atoms with Crippen LogP contribution in [0.4, 0.5) is 5.69 Å². The van der Waals surface area contributed by atoms with Crippen LogP contribution in [0.1, 0.15) is 27.0 Å². The topological polar surface area (TPSA) is 66.5 Å². The van der Waals surface area contributed by atoms with E-state index in [1.807, 2.05) is 32.9 Å². The van der Waals surface area contributed by atoms with Gasteiger partial charge in [-0.1, -0.05) is 18.2 Å². The van der Waals surface area contributed by atoms with E-state index in [2.05, 4.69) is 5.32 Å². The highest BCUT2D eigenvalue weighted by molar-refractivity contribution is 7.89. The molecule has 0 atom stereocenters. The lowest BCUT2D eigenvalue weighted by atomic mass is 10.1. The molecule has 5 nitrogen and oxygen atoms in total. The van der Waals surface area contributed by atoms with E-state index < -0.39 is 10.0 Å². The molecule has 128 valence electrons. The molecule has 0 aromatic heterocycles. The lowest BCUT2D eigenvalue weighted by molar-refractivity contribution is 0.102. The molecule has 1 N–H and O–H groups in total. The van der Waals surface area contributed by atoms with Gasteiger partial charge in [0, 0.05) is 25.3 Å². The van der Waals surface area contributed by atoms with E-state index >= 15 is 0 Å². The molecule has 0 aliphatic carbocycles. The van der Waals surface area contributed by atoms with Crippen molar-refractivity contribution in [2.24, 2.45) is 0 Å². The summed E-state index contributed by atoms with van der Waals surface area (Å²) in [5.74, 6) is -0.255. The summed E-state index contributed by atoms with van der Waals surface area (Å²) in [6, 6.07) is 10.4. The molecule has 0 radical (unpaired) electrons. The van der Waals surface area contributed by atoms with Crippen LogP contribution in [0.5, 0.6) is 0 Å². The van der Waals surface area contributed by atoms with E-state index in [4.69, 9.17) is 0 Å². The van der Waals surface area contributed by atoms with Crippen LogP contribution in [-0.4, -0.2) is 32.7 Å². The number of sulfonamides is 1. The third-order valence-corrected chi connectivity index (χ3v) is 5.85. The number of nitrogens with one attached hydrogen (secondary N) is 1. The molecule has 0 spiro atoms. The Bertz CT molecular complexity index is 887. The fourth-order valence-corrected chi connectivity index (χ4v) is 3.35. The third kappa shape index (κ3) is 3.49. The van der Waals surface area contributed by atoms with E-state index in [0.717, 1.165) is 21.0 Å². The number of anilines is 1. The van der Waals surface area contributed by atoms with Crippen molar-refractivity contribution < 1.29 is 13.2 Å². The lowest BCUT2D eigenvalue weighted by Crippen LogP contribution is -2.23. The van der Waals surface area contributed by atoms with Crippen LogP contribution < -0.4 is 5.32 Å². The van der Waals surface area contributed by atoms with E-state index in [1.54, 1.807) is 18.2 Å². The Balaban J connectivity index is 2.46. The number of benzene rings is 2. The predicted molar refractivity (Wildman–Crippen MR) is 95.9 cm³/mol. The van der Waals surface area contributed by atoms with Gasteiger partial charge in [0.05, 0.1) is 4.90 Å². The molecule has 1 amide bonds. The minimum absolute atomic E-state index is 0.163. The van der Waals surface area contributed by atoms with Gasteiger partial charge in [0.1, 0.15) is 0 Å². The average molecular weight is 346 g/mol. The van der Waals surface area contributed by atoms with Crippen LogP contribution in [0, 0.1) is 20.8 Å². The van der Waals surface area contributed by atoms with E-state index in [0.29, 0.717) is 11.3 Å². The Kier molecular flexibility index (Phi) is 5.11. The molecule has 0 saturated heterocycles. The van der Waals surface area contributed by atoms with Crippen LogP contribution in [-0.2, 0) is 10.0 Å². The summed E-state index contributed by atoms with van der Waals surface area (Å²) < 4.78 is 25.9. The van der Waals surface area contributed by atoms with E-state index in [1.165, 1.54) is 20.2 Å². The summed E-state index contributed by atoms with van der Waals surface area (Å²) in [6.45, 7) is 5.54. The van der Waals surface area contributed by atoms with Crippen LogP contribution in [0.15, 0.2) is 41.3 Å². The molecular weight excluding hydrogens is 324 g/mol. The number of amides is 1. The van der Waals surface area contributed by atoms with Crippen molar-refractivity contribution in [2.75, 3.05) is 19.4 Å². The number of aryl methyl sites for hydroxylation is 2. The molecule has 0 unspecified atom stereocenters. The standard InChI is InChI=1S/C18H22N2O3S/c1-12-8-6-7-9-16(12)18(21)19-17-11-15(10-13(2)14(17)3)24(22,23)20(4)5/h6-11H,1-5H3,(H,19,21). The maximum Gasteiger partial charge on any atom is 0.255 e. The van der Waals surface area contributed by atoms with Crippen molar-refractivity contribution >= 4 is 21.6 Å². The second-order valence-corrected chi connectivity index (χ2v) is 8.12. The Morgan fingerprint density at radius 2 is 1.62 bits per heavy atom. The highest BCUT2D eigenvalue weighted by atomic mass is 32.2. The van der Waals surface area contributed by atoms with Crippen LogP contribution >= 0.6 is 0 Å². The van der Waals surface area contributed by atoms with Crippen molar-refractivity contribution in [3.63, 3.8) is 0 Å². The quantitative estimate of drug-likeness (QED) is 0.925. The molecule has 0 aliphatic heterocycles. The minimum Gasteiger partial charge on any atom is -0.322 e. The molecule has 0 fully saturated rings. The van der Waals surface area contributed by atoms with Gasteiger partial charge in [-0.15, -0.1) is 0 Å². The number of carbonyl (C=O) groups excluding carboxylic acids is 1. The predicted octanol–water partition coefficient (Wildman–Crippen LogP) is 3.11. The number of hydrogen-bond acceptors (Lipinski definition) is 3. The largest absolute Gasteiger partial charge is 0.322 e. The number of rotatable bonds is 4. The number of nitrogens with zero attached hydrogens (tertiary/aromatic N) is 1. The fourth-order valence-electron chi connectivity index (χ4n) is 2.33. The monoisotopic (exact) mass is 346 g/mol. The zero-order valence-corrected chi connectivity index (χ0v) is 15.4. The Labute approximate surface area is 143 Å². The maximum atomic E-state index is 12.5. The van der Waals surface area contributed by atoms with Gasteiger partial charge in [0.2, 0.25) is 10.0 Å². The van der Waals surface area contributed by atoms with Gasteiger partial charge in [-0.3, -0.25) is 4.79 Å². The van der Waals surface area contributed by atoms with Crippen LogP contribution in [0.2, 0.25) is 0 Å². The molecule has 0 saturated carbocycles. The van der Waals surface area contributed by atoms with Gasteiger partial charge in [-0.05, 0) is 55.7 Å². The third-order valence-electron chi connectivity index (χ3n) is 4.06. The van der Waals surface area contributed by atoms with Crippen molar-refractivity contribution in [1.82, 2.24) is 4.31 Å². The molecule has 24 heavy (non-hydrogen) atoms.